The number of hydrogen-bond acceptors (Lipinski definition) is 5. The molecule has 1 heterocycles. The van der Waals surface area contributed by atoms with Crippen molar-refractivity contribution in [1.29, 1.82) is 0 Å². The van der Waals surface area contributed by atoms with E-state index < -0.39 is 10.0 Å². The van der Waals surface area contributed by atoms with Gasteiger partial charge in [0, 0.05) is 40.3 Å². The summed E-state index contributed by atoms with van der Waals surface area (Å²) in [6, 6.07) is 7.01. The molecular formula is C15H24N2O4S. The van der Waals surface area contributed by atoms with Crippen LogP contribution < -0.4 is 0 Å². The summed E-state index contributed by atoms with van der Waals surface area (Å²) in [5.74, 6) is 0. The van der Waals surface area contributed by atoms with Gasteiger partial charge in [-0.15, -0.1) is 0 Å². The largest absolute Gasteiger partial charge is 0.395 e. The van der Waals surface area contributed by atoms with Gasteiger partial charge in [0.05, 0.1) is 17.6 Å². The molecule has 0 bridgehead atoms. The molecular weight excluding hydrogens is 304 g/mol. The summed E-state index contributed by atoms with van der Waals surface area (Å²) in [6.07, 6.45) is 0.911. The standard InChI is InChI=1S/C15H24N2O4S/c1-16(2)22(19,20)15-6-4-5-12(7-15)9-17-10-14(21-3)8-13(17)11-18/h4-7,13-14,18H,8-11H2,1-3H3/t13-,14+/m0/s1. The fourth-order valence-electron chi connectivity index (χ4n) is 2.74. The number of aliphatic hydroxyl groups excluding tert-OH is 1. The van der Waals surface area contributed by atoms with Crippen molar-refractivity contribution in [2.75, 3.05) is 34.4 Å². The van der Waals surface area contributed by atoms with Crippen molar-refractivity contribution in [1.82, 2.24) is 9.21 Å². The fraction of sp³-hybridized carbons (Fsp3) is 0.600. The van der Waals surface area contributed by atoms with Gasteiger partial charge < -0.3 is 9.84 Å². The lowest BCUT2D eigenvalue weighted by Gasteiger charge is -2.22. The molecule has 1 aromatic carbocycles. The minimum absolute atomic E-state index is 0.0547. The Morgan fingerprint density at radius 1 is 1.41 bits per heavy atom. The zero-order valence-electron chi connectivity index (χ0n) is 13.3. The number of nitrogens with zero attached hydrogens (tertiary/aromatic N) is 2. The minimum atomic E-state index is -3.43. The van der Waals surface area contributed by atoms with Crippen molar-refractivity contribution in [2.24, 2.45) is 0 Å². The van der Waals surface area contributed by atoms with E-state index in [4.69, 9.17) is 4.74 Å². The lowest BCUT2D eigenvalue weighted by atomic mass is 10.2. The summed E-state index contributed by atoms with van der Waals surface area (Å²) in [6.45, 7) is 1.42. The predicted molar refractivity (Wildman–Crippen MR) is 84.0 cm³/mol. The van der Waals surface area contributed by atoms with Gasteiger partial charge in [0.1, 0.15) is 0 Å². The Labute approximate surface area is 132 Å². The van der Waals surface area contributed by atoms with Crippen molar-refractivity contribution in [3.63, 3.8) is 0 Å². The SMILES string of the molecule is CO[C@@H]1C[C@@H](CO)N(Cc2cccc(S(=O)(=O)N(C)C)c2)C1. The van der Waals surface area contributed by atoms with Gasteiger partial charge in [-0.05, 0) is 24.1 Å². The van der Waals surface area contributed by atoms with Crippen molar-refractivity contribution < 1.29 is 18.3 Å². The molecule has 0 aliphatic carbocycles. The van der Waals surface area contributed by atoms with Crippen LogP contribution in [0.5, 0.6) is 0 Å². The van der Waals surface area contributed by atoms with Crippen LogP contribution in [0.4, 0.5) is 0 Å². The molecule has 2 rings (SSSR count). The second-order valence-electron chi connectivity index (χ2n) is 5.79. The maximum atomic E-state index is 12.2. The van der Waals surface area contributed by atoms with Gasteiger partial charge in [-0.1, -0.05) is 12.1 Å². The van der Waals surface area contributed by atoms with E-state index in [1.54, 1.807) is 25.3 Å². The Hall–Kier alpha value is -0.990. The minimum Gasteiger partial charge on any atom is -0.395 e. The van der Waals surface area contributed by atoms with E-state index in [2.05, 4.69) is 4.90 Å². The molecule has 0 saturated carbocycles. The molecule has 6 nitrogen and oxygen atoms in total. The molecule has 124 valence electrons. The zero-order chi connectivity index (χ0) is 16.3. The van der Waals surface area contributed by atoms with Gasteiger partial charge >= 0.3 is 0 Å². The van der Waals surface area contributed by atoms with Crippen LogP contribution in [0.1, 0.15) is 12.0 Å². The number of rotatable bonds is 6. The number of aliphatic hydroxyl groups is 1. The molecule has 1 N–H and O–H groups in total. The second-order valence-corrected chi connectivity index (χ2v) is 7.95. The van der Waals surface area contributed by atoms with Gasteiger partial charge in [0.2, 0.25) is 10.0 Å². The summed E-state index contributed by atoms with van der Waals surface area (Å²) in [5, 5.41) is 9.48. The molecule has 7 heteroatoms. The quantitative estimate of drug-likeness (QED) is 0.824. The summed E-state index contributed by atoms with van der Waals surface area (Å²) in [7, 11) is 1.29. The highest BCUT2D eigenvalue weighted by Gasteiger charge is 2.31. The highest BCUT2D eigenvalue weighted by atomic mass is 32.2. The van der Waals surface area contributed by atoms with E-state index in [-0.39, 0.29) is 23.6 Å². The number of hydrogen-bond donors (Lipinski definition) is 1. The van der Waals surface area contributed by atoms with Crippen LogP contribution in [-0.4, -0.2) is 69.2 Å². The van der Waals surface area contributed by atoms with Gasteiger partial charge in [-0.25, -0.2) is 12.7 Å². The highest BCUT2D eigenvalue weighted by molar-refractivity contribution is 7.89. The van der Waals surface area contributed by atoms with Gasteiger partial charge in [0.25, 0.3) is 0 Å². The molecule has 1 aromatic rings. The van der Waals surface area contributed by atoms with Crippen LogP contribution >= 0.6 is 0 Å². The first-order valence-corrected chi connectivity index (χ1v) is 8.71. The van der Waals surface area contributed by atoms with Crippen LogP contribution in [0.2, 0.25) is 0 Å². The number of benzene rings is 1. The smallest absolute Gasteiger partial charge is 0.242 e. The normalized spacial score (nSPS) is 23.3. The molecule has 22 heavy (non-hydrogen) atoms. The van der Waals surface area contributed by atoms with Crippen molar-refractivity contribution >= 4 is 10.0 Å². The van der Waals surface area contributed by atoms with Crippen LogP contribution in [0.15, 0.2) is 29.2 Å². The molecule has 1 aliphatic rings. The fourth-order valence-corrected chi connectivity index (χ4v) is 3.71. The maximum Gasteiger partial charge on any atom is 0.242 e. The van der Waals surface area contributed by atoms with Crippen molar-refractivity contribution in [2.45, 2.75) is 30.0 Å². The third-order valence-corrected chi connectivity index (χ3v) is 5.91. The summed E-state index contributed by atoms with van der Waals surface area (Å²) in [5.41, 5.74) is 0.915. The number of sulfonamides is 1. The Morgan fingerprint density at radius 3 is 2.73 bits per heavy atom. The van der Waals surface area contributed by atoms with E-state index in [0.717, 1.165) is 18.5 Å². The van der Waals surface area contributed by atoms with Crippen LogP contribution in [-0.2, 0) is 21.3 Å². The molecule has 1 saturated heterocycles. The number of methoxy groups -OCH3 is 1. The second kappa shape index (κ2) is 7.06. The van der Waals surface area contributed by atoms with Crippen LogP contribution in [0, 0.1) is 0 Å². The Kier molecular flexibility index (Phi) is 5.57. The molecule has 2 atom stereocenters. The summed E-state index contributed by atoms with van der Waals surface area (Å²) in [4.78, 5) is 2.42. The highest BCUT2D eigenvalue weighted by Crippen LogP contribution is 2.23. The average Bonchev–Trinajstić information content (AvgIpc) is 2.89. The first kappa shape index (κ1) is 17.4. The Morgan fingerprint density at radius 2 is 2.14 bits per heavy atom. The topological polar surface area (TPSA) is 70.1 Å². The van der Waals surface area contributed by atoms with Gasteiger partial charge in [0.15, 0.2) is 0 Å². The third kappa shape index (κ3) is 3.67. The van der Waals surface area contributed by atoms with Gasteiger partial charge in [-0.2, -0.15) is 0 Å². The van der Waals surface area contributed by atoms with Crippen LogP contribution in [0.25, 0.3) is 0 Å². The van der Waals surface area contributed by atoms with Crippen molar-refractivity contribution in [3.8, 4) is 0 Å². The van der Waals surface area contributed by atoms with Crippen molar-refractivity contribution in [3.05, 3.63) is 29.8 Å². The Bertz CT molecular complexity index is 603. The predicted octanol–water partition coefficient (Wildman–Crippen LogP) is 0.518. The average molecular weight is 328 g/mol. The molecule has 0 radical (unpaired) electrons. The molecule has 0 aromatic heterocycles. The van der Waals surface area contributed by atoms with Crippen LogP contribution in [0.3, 0.4) is 0 Å². The van der Waals surface area contributed by atoms with Gasteiger partial charge in [-0.3, -0.25) is 4.90 Å². The monoisotopic (exact) mass is 328 g/mol. The first-order chi connectivity index (χ1) is 10.4. The Balaban J connectivity index is 2.17. The summed E-state index contributed by atoms with van der Waals surface area (Å²) >= 11 is 0. The first-order valence-electron chi connectivity index (χ1n) is 7.27. The number of likely N-dealkylation sites (tertiary alicyclic amines) is 1. The van der Waals surface area contributed by atoms with E-state index in [0.29, 0.717) is 6.54 Å². The van der Waals surface area contributed by atoms with E-state index >= 15 is 0 Å². The molecule has 1 aliphatic heterocycles. The maximum absolute atomic E-state index is 12.2. The molecule has 0 amide bonds. The van der Waals surface area contributed by atoms with E-state index in [1.807, 2.05) is 6.07 Å². The molecule has 0 spiro atoms. The van der Waals surface area contributed by atoms with E-state index in [1.165, 1.54) is 18.4 Å². The lowest BCUT2D eigenvalue weighted by Crippen LogP contribution is -2.32. The summed E-state index contributed by atoms with van der Waals surface area (Å²) < 4.78 is 31.0. The lowest BCUT2D eigenvalue weighted by molar-refractivity contribution is 0.107. The molecule has 0 unspecified atom stereocenters. The number of ether oxygens (including phenoxy) is 1. The third-order valence-electron chi connectivity index (χ3n) is 4.10. The molecule has 1 fully saturated rings. The zero-order valence-corrected chi connectivity index (χ0v) is 14.1. The van der Waals surface area contributed by atoms with E-state index in [9.17, 15) is 13.5 Å².